The second-order valence-electron chi connectivity index (χ2n) is 8.06. The van der Waals surface area contributed by atoms with Crippen LogP contribution >= 0.6 is 0 Å². The molecule has 0 radical (unpaired) electrons. The number of rotatable bonds is 14. The number of quaternary nitrogens is 2. The molecule has 0 saturated carbocycles. The van der Waals surface area contributed by atoms with Crippen LogP contribution in [0.5, 0.6) is 0 Å². The average molecular weight is 531 g/mol. The summed E-state index contributed by atoms with van der Waals surface area (Å²) in [6.45, 7) is 6.25. The molecule has 0 atom stereocenters. The van der Waals surface area contributed by atoms with Gasteiger partial charge in [-0.2, -0.15) is 0 Å². The van der Waals surface area contributed by atoms with Crippen molar-refractivity contribution in [1.29, 1.82) is 0 Å². The number of carboxylic acids is 2. The maximum absolute atomic E-state index is 9.41. The van der Waals surface area contributed by atoms with E-state index in [0.29, 0.717) is 20.4 Å². The van der Waals surface area contributed by atoms with Crippen LogP contribution in [0.15, 0.2) is 12.2 Å². The summed E-state index contributed by atoms with van der Waals surface area (Å²) in [5.41, 5.74) is 0. The van der Waals surface area contributed by atoms with Crippen molar-refractivity contribution in [2.45, 2.75) is 26.7 Å². The zero-order valence-corrected chi connectivity index (χ0v) is 25.0. The van der Waals surface area contributed by atoms with Gasteiger partial charge in [0.2, 0.25) is 0 Å². The number of carbonyl (C=O) groups is 2. The van der Waals surface area contributed by atoms with E-state index in [-0.39, 0.29) is 0 Å². The van der Waals surface area contributed by atoms with E-state index in [4.69, 9.17) is 26.6 Å². The Hall–Kier alpha value is -1.21. The van der Waals surface area contributed by atoms with Crippen molar-refractivity contribution in [3.63, 3.8) is 0 Å². The van der Waals surface area contributed by atoms with E-state index in [2.05, 4.69) is 42.0 Å². The third kappa shape index (κ3) is 12.0. The summed E-state index contributed by atoms with van der Waals surface area (Å²) >= 11 is 0. The first-order valence-corrected chi connectivity index (χ1v) is 14.0. The van der Waals surface area contributed by atoms with Gasteiger partial charge in [0.05, 0.1) is 53.2 Å². The van der Waals surface area contributed by atoms with Gasteiger partial charge in [-0.1, -0.05) is 13.8 Å². The molecule has 0 aliphatic heterocycles. The molecule has 0 aromatic rings. The van der Waals surface area contributed by atoms with Crippen molar-refractivity contribution in [3.8, 4) is 0 Å². The van der Waals surface area contributed by atoms with Gasteiger partial charge in [-0.3, -0.25) is 0 Å². The second kappa shape index (κ2) is 18.1. The van der Waals surface area contributed by atoms with E-state index in [1.807, 2.05) is 0 Å². The highest BCUT2D eigenvalue weighted by Gasteiger charge is 2.60. The molecule has 0 heterocycles. The smallest absolute Gasteiger partial charge is 0.545 e. The van der Waals surface area contributed by atoms with Crippen LogP contribution < -0.4 is 10.2 Å². The van der Waals surface area contributed by atoms with E-state index in [0.717, 1.165) is 25.9 Å². The molecule has 0 spiro atoms. The van der Waals surface area contributed by atoms with Crippen molar-refractivity contribution in [2.24, 2.45) is 0 Å². The van der Waals surface area contributed by atoms with Crippen LogP contribution in [-0.2, 0) is 36.1 Å². The maximum Gasteiger partial charge on any atom is 0.783 e. The van der Waals surface area contributed by atoms with Crippen molar-refractivity contribution in [2.75, 3.05) is 83.9 Å². The van der Waals surface area contributed by atoms with Crippen molar-refractivity contribution in [1.82, 2.24) is 0 Å². The number of hydrogen-bond donors (Lipinski definition) is 0. The Balaban J connectivity index is -0.000000438. The molecule has 0 N–H and O–H groups in total. The maximum atomic E-state index is 9.41. The highest BCUT2D eigenvalue weighted by atomic mass is 28.4. The summed E-state index contributed by atoms with van der Waals surface area (Å²) in [6.07, 6.45) is 2.93. The van der Waals surface area contributed by atoms with Crippen LogP contribution in [0.2, 0.25) is 0 Å². The lowest BCUT2D eigenvalue weighted by molar-refractivity contribution is -0.819. The highest BCUT2D eigenvalue weighted by molar-refractivity contribution is 6.52. The van der Waals surface area contributed by atoms with Crippen molar-refractivity contribution >= 4 is 29.9 Å². The first-order chi connectivity index (χ1) is 15.6. The molecule has 34 heavy (non-hydrogen) atoms. The molecule has 14 heteroatoms. The quantitative estimate of drug-likeness (QED) is 0.198. The van der Waals surface area contributed by atoms with Gasteiger partial charge in [-0.05, 0) is 25.0 Å². The molecule has 0 bridgehead atoms. The third-order valence-corrected chi connectivity index (χ3v) is 11.5. The topological polar surface area (TPSA) is 136 Å². The number of aliphatic carboxylic acids is 2. The molecule has 204 valence electrons. The summed E-state index contributed by atoms with van der Waals surface area (Å²) in [5.74, 6) is -3.09. The largest absolute Gasteiger partial charge is 0.783 e. The standard InChI is InChI=1S/2C8H22NO3Si.C4H4O4/c2*1-7-8-9(2,3)13(10-4,11-5)12-6;5-3(6)1-2-4(7)8/h2*7-8H2,1-6H3;1-2H,(H,5,6)(H,7,8)/q2*+1;/p-2/b;;2-1-. The number of nitrogens with zero attached hydrogens (tertiary/aromatic N) is 2. The fraction of sp³-hybridized carbons (Fsp3) is 0.800. The van der Waals surface area contributed by atoms with Gasteiger partial charge >= 0.3 is 17.9 Å². The van der Waals surface area contributed by atoms with Crippen LogP contribution in [0.1, 0.15) is 26.7 Å². The number of hydrogen-bond acceptors (Lipinski definition) is 10. The molecule has 12 nitrogen and oxygen atoms in total. The second-order valence-corrected chi connectivity index (χ2v) is 15.0. The predicted molar refractivity (Wildman–Crippen MR) is 127 cm³/mol. The van der Waals surface area contributed by atoms with Crippen molar-refractivity contribution < 1.29 is 54.7 Å². The minimum absolute atomic E-state index is 0.384. The van der Waals surface area contributed by atoms with Gasteiger partial charge in [0.15, 0.2) is 0 Å². The summed E-state index contributed by atoms with van der Waals surface area (Å²) in [6, 6.07) is 0. The van der Waals surface area contributed by atoms with Gasteiger partial charge in [-0.25, -0.2) is 0 Å². The lowest BCUT2D eigenvalue weighted by atomic mass is 10.5. The van der Waals surface area contributed by atoms with Gasteiger partial charge in [0.1, 0.15) is 0 Å². The predicted octanol–water partition coefficient (Wildman–Crippen LogP) is -1.26. The van der Waals surface area contributed by atoms with E-state index in [1.165, 1.54) is 0 Å². The van der Waals surface area contributed by atoms with E-state index in [1.54, 1.807) is 42.7 Å². The summed E-state index contributed by atoms with van der Waals surface area (Å²) in [4.78, 5) is 18.8. The molecule has 0 saturated heterocycles. The summed E-state index contributed by atoms with van der Waals surface area (Å²) in [5, 5.41) is 18.8. The molecular weight excluding hydrogens is 484 g/mol. The lowest BCUT2D eigenvalue weighted by Crippen LogP contribution is -2.68. The fourth-order valence-electron chi connectivity index (χ4n) is 3.51. The highest BCUT2D eigenvalue weighted by Crippen LogP contribution is 2.19. The Bertz CT molecular complexity index is 529. The Morgan fingerprint density at radius 3 is 0.941 bits per heavy atom. The van der Waals surface area contributed by atoms with Crippen LogP contribution in [0, 0.1) is 0 Å². The fourth-order valence-corrected chi connectivity index (χ4v) is 8.47. The monoisotopic (exact) mass is 530 g/mol. The average Bonchev–Trinajstić information content (AvgIpc) is 2.76. The van der Waals surface area contributed by atoms with Crippen LogP contribution in [0.3, 0.4) is 0 Å². The van der Waals surface area contributed by atoms with Gasteiger partial charge in [-0.15, -0.1) is 0 Å². The normalized spacial score (nSPS) is 12.5. The van der Waals surface area contributed by atoms with E-state index >= 15 is 0 Å². The van der Waals surface area contributed by atoms with Gasteiger partial charge in [0.25, 0.3) is 0 Å². The molecule has 0 fully saturated rings. The Morgan fingerprint density at radius 2 is 0.824 bits per heavy atom. The minimum atomic E-state index is -2.53. The number of carboxylic acid groups (broad SMARTS) is 2. The van der Waals surface area contributed by atoms with Crippen molar-refractivity contribution in [3.05, 3.63) is 12.2 Å². The zero-order chi connectivity index (χ0) is 27.6. The molecule has 0 aliphatic rings. The van der Waals surface area contributed by atoms with Gasteiger partial charge < -0.3 is 54.7 Å². The Morgan fingerprint density at radius 1 is 0.618 bits per heavy atom. The first kappa shape index (κ1) is 37.3. The van der Waals surface area contributed by atoms with E-state index < -0.39 is 29.9 Å². The number of carbonyl (C=O) groups excluding carboxylic acids is 2. The molecule has 0 aromatic carbocycles. The molecule has 0 aromatic heterocycles. The molecule has 0 aliphatic carbocycles. The SMILES string of the molecule is CCC[N+](C)(C)[Si](OC)(OC)OC.CCC[N+](C)(C)[Si](OC)(OC)OC.O=C([O-])/C=C\C(=O)[O-]. The third-order valence-electron chi connectivity index (χ3n) is 4.95. The molecule has 0 amide bonds. The van der Waals surface area contributed by atoms with Crippen LogP contribution in [0.4, 0.5) is 0 Å². The molecule has 0 rings (SSSR count). The summed E-state index contributed by atoms with van der Waals surface area (Å²) in [7, 11) is 13.1. The molecule has 0 unspecified atom stereocenters. The van der Waals surface area contributed by atoms with Crippen LogP contribution in [-0.4, -0.2) is 122 Å². The van der Waals surface area contributed by atoms with Crippen LogP contribution in [0.25, 0.3) is 0 Å². The lowest BCUT2D eigenvalue weighted by Gasteiger charge is -2.39. The molecular formula is C20H46N2O10Si2. The Labute approximate surface area is 207 Å². The Kier molecular flexibility index (Phi) is 19.9. The van der Waals surface area contributed by atoms with E-state index in [9.17, 15) is 19.8 Å². The summed E-state index contributed by atoms with van der Waals surface area (Å²) < 4.78 is 33.8. The van der Waals surface area contributed by atoms with Gasteiger partial charge in [0, 0.05) is 42.7 Å². The first-order valence-electron chi connectivity index (χ1n) is 10.7. The minimum Gasteiger partial charge on any atom is -0.545 e. The zero-order valence-electron chi connectivity index (χ0n) is 23.0.